The number of hydrogen-bond acceptors (Lipinski definition) is 2. The van der Waals surface area contributed by atoms with Gasteiger partial charge >= 0.3 is 0 Å². The molecule has 3 heterocycles. The zero-order valence-electron chi connectivity index (χ0n) is 28.5. The van der Waals surface area contributed by atoms with Gasteiger partial charge in [-0.3, -0.25) is 4.57 Å². The van der Waals surface area contributed by atoms with Crippen LogP contribution in [0.15, 0.2) is 176 Å². The molecule has 3 aromatic heterocycles. The molecule has 0 saturated heterocycles. The van der Waals surface area contributed by atoms with E-state index in [9.17, 15) is 0 Å². The van der Waals surface area contributed by atoms with Crippen molar-refractivity contribution in [3.8, 4) is 39.3 Å². The molecular weight excluding hydrogens is 649 g/mol. The molecule has 0 N–H and O–H groups in total. The molecule has 0 amide bonds. The largest absolute Gasteiger partial charge is 0.294 e. The molecular formula is C49H32N2S. The Balaban J connectivity index is 1.20. The Morgan fingerprint density at radius 1 is 0.500 bits per heavy atom. The fourth-order valence-electron chi connectivity index (χ4n) is 8.78. The van der Waals surface area contributed by atoms with Crippen LogP contribution in [0.2, 0.25) is 0 Å². The number of fused-ring (bicyclic) bond motifs is 10. The molecule has 2 nitrogen and oxygen atoms in total. The van der Waals surface area contributed by atoms with Crippen LogP contribution in [0.5, 0.6) is 0 Å². The van der Waals surface area contributed by atoms with Crippen LogP contribution < -0.4 is 0 Å². The average Bonchev–Trinajstić information content (AvgIpc) is 3.83. The van der Waals surface area contributed by atoms with E-state index in [1.165, 1.54) is 69.8 Å². The van der Waals surface area contributed by atoms with Crippen molar-refractivity contribution in [1.82, 2.24) is 9.55 Å². The van der Waals surface area contributed by atoms with Gasteiger partial charge in [-0.15, -0.1) is 11.3 Å². The first kappa shape index (κ1) is 29.4. The van der Waals surface area contributed by atoms with Gasteiger partial charge in [-0.2, -0.15) is 0 Å². The zero-order chi connectivity index (χ0) is 34.4. The first-order valence-electron chi connectivity index (χ1n) is 17.9. The second-order valence-corrected chi connectivity index (χ2v) is 15.1. The predicted octanol–water partition coefficient (Wildman–Crippen LogP) is 13.2. The van der Waals surface area contributed by atoms with Crippen LogP contribution in [0.3, 0.4) is 0 Å². The SMILES string of the molecule is CC1(c2ccccc2)c2ccccc2-c2c1ccc1c2sc2cc3c4ccccc4n(-c4cc(-c5ccccc5)cc(-c5ccccc5)n4)c3cc21. The second-order valence-electron chi connectivity index (χ2n) is 14.1. The summed E-state index contributed by atoms with van der Waals surface area (Å²) in [5.41, 5.74) is 13.3. The molecule has 0 aliphatic heterocycles. The van der Waals surface area contributed by atoms with Crippen molar-refractivity contribution in [1.29, 1.82) is 0 Å². The Bertz CT molecular complexity index is 2950. The highest BCUT2D eigenvalue weighted by Crippen LogP contribution is 2.56. The van der Waals surface area contributed by atoms with Gasteiger partial charge in [-0.25, -0.2) is 4.98 Å². The Morgan fingerprint density at radius 2 is 1.19 bits per heavy atom. The number of para-hydroxylation sites is 1. The molecule has 52 heavy (non-hydrogen) atoms. The molecule has 0 saturated carbocycles. The maximum Gasteiger partial charge on any atom is 0.138 e. The minimum atomic E-state index is -0.221. The van der Waals surface area contributed by atoms with Gasteiger partial charge in [0.05, 0.1) is 16.7 Å². The number of benzene rings is 7. The Kier molecular flexibility index (Phi) is 6.29. The fourth-order valence-corrected chi connectivity index (χ4v) is 10.1. The van der Waals surface area contributed by atoms with E-state index >= 15 is 0 Å². The average molecular weight is 681 g/mol. The van der Waals surface area contributed by atoms with Crippen molar-refractivity contribution in [2.75, 3.05) is 0 Å². The standard InChI is InChI=1S/C49H32N2S/c1-49(34-19-9-4-10-20-34)40-23-13-11-22-37(40)47-41(49)26-25-36-39-29-44-38(30-45(39)52-48(36)47)35-21-12-14-24-43(35)51(44)46-28-33(31-15-5-2-6-16-31)27-42(50-46)32-17-7-3-8-18-32/h2-30H,1H3. The molecule has 0 bridgehead atoms. The van der Waals surface area contributed by atoms with E-state index in [1.807, 2.05) is 11.3 Å². The lowest BCUT2D eigenvalue weighted by molar-refractivity contribution is 0.714. The van der Waals surface area contributed by atoms with Crippen LogP contribution in [0.25, 0.3) is 81.3 Å². The molecule has 11 rings (SSSR count). The summed E-state index contributed by atoms with van der Waals surface area (Å²) in [6.07, 6.45) is 0. The highest BCUT2D eigenvalue weighted by atomic mass is 32.1. The smallest absolute Gasteiger partial charge is 0.138 e. The summed E-state index contributed by atoms with van der Waals surface area (Å²) in [6.45, 7) is 2.40. The highest BCUT2D eigenvalue weighted by Gasteiger charge is 2.41. The van der Waals surface area contributed by atoms with Gasteiger partial charge in [0.1, 0.15) is 5.82 Å². The summed E-state index contributed by atoms with van der Waals surface area (Å²) in [4.78, 5) is 5.38. The first-order valence-corrected chi connectivity index (χ1v) is 18.7. The first-order chi connectivity index (χ1) is 25.7. The predicted molar refractivity (Wildman–Crippen MR) is 220 cm³/mol. The minimum Gasteiger partial charge on any atom is -0.294 e. The van der Waals surface area contributed by atoms with Crippen molar-refractivity contribution >= 4 is 53.3 Å². The van der Waals surface area contributed by atoms with Crippen LogP contribution in [0.1, 0.15) is 23.6 Å². The second kappa shape index (κ2) is 11.1. The number of rotatable bonds is 4. The molecule has 10 aromatic rings. The van der Waals surface area contributed by atoms with Crippen molar-refractivity contribution < 1.29 is 0 Å². The molecule has 0 fully saturated rings. The maximum absolute atomic E-state index is 5.38. The summed E-state index contributed by atoms with van der Waals surface area (Å²) >= 11 is 1.93. The Morgan fingerprint density at radius 3 is 2.00 bits per heavy atom. The molecule has 0 spiro atoms. The summed E-state index contributed by atoms with van der Waals surface area (Å²) in [7, 11) is 0. The molecule has 7 aromatic carbocycles. The van der Waals surface area contributed by atoms with E-state index in [0.717, 1.165) is 28.2 Å². The molecule has 3 heteroatoms. The molecule has 244 valence electrons. The molecule has 1 unspecified atom stereocenters. The topological polar surface area (TPSA) is 17.8 Å². The van der Waals surface area contributed by atoms with Gasteiger partial charge < -0.3 is 0 Å². The monoisotopic (exact) mass is 680 g/mol. The lowest BCUT2D eigenvalue weighted by Crippen LogP contribution is -2.22. The van der Waals surface area contributed by atoms with Gasteiger partial charge in [0.15, 0.2) is 0 Å². The number of nitrogens with zero attached hydrogens (tertiary/aromatic N) is 2. The minimum absolute atomic E-state index is 0.221. The van der Waals surface area contributed by atoms with E-state index in [-0.39, 0.29) is 5.41 Å². The molecule has 1 atom stereocenters. The fraction of sp³-hybridized carbons (Fsp3) is 0.0408. The Hall–Kier alpha value is -6.29. The summed E-state index contributed by atoms with van der Waals surface area (Å²) in [6, 6.07) is 64.1. The van der Waals surface area contributed by atoms with Crippen LogP contribution in [-0.4, -0.2) is 9.55 Å². The summed E-state index contributed by atoms with van der Waals surface area (Å²) in [5.74, 6) is 0.915. The van der Waals surface area contributed by atoms with Gasteiger partial charge in [0.25, 0.3) is 0 Å². The number of thiophene rings is 1. The lowest BCUT2D eigenvalue weighted by atomic mass is 9.74. The lowest BCUT2D eigenvalue weighted by Gasteiger charge is -2.28. The third-order valence-electron chi connectivity index (χ3n) is 11.3. The molecule has 0 radical (unpaired) electrons. The molecule has 1 aliphatic rings. The third-order valence-corrected chi connectivity index (χ3v) is 12.5. The van der Waals surface area contributed by atoms with E-state index in [4.69, 9.17) is 4.98 Å². The van der Waals surface area contributed by atoms with Gasteiger partial charge in [0.2, 0.25) is 0 Å². The van der Waals surface area contributed by atoms with E-state index in [2.05, 4.69) is 187 Å². The van der Waals surface area contributed by atoms with E-state index < -0.39 is 0 Å². The van der Waals surface area contributed by atoms with Crippen molar-refractivity contribution in [3.63, 3.8) is 0 Å². The number of hydrogen-bond donors (Lipinski definition) is 0. The highest BCUT2D eigenvalue weighted by molar-refractivity contribution is 7.26. The normalized spacial score (nSPS) is 15.1. The van der Waals surface area contributed by atoms with Crippen molar-refractivity contribution in [3.05, 3.63) is 193 Å². The van der Waals surface area contributed by atoms with Crippen LogP contribution >= 0.6 is 11.3 Å². The van der Waals surface area contributed by atoms with Crippen LogP contribution in [0.4, 0.5) is 0 Å². The van der Waals surface area contributed by atoms with Crippen molar-refractivity contribution in [2.24, 2.45) is 0 Å². The maximum atomic E-state index is 5.38. The Labute approximate surface area is 305 Å². The third kappa shape index (κ3) is 4.14. The van der Waals surface area contributed by atoms with Gasteiger partial charge in [0, 0.05) is 47.5 Å². The van der Waals surface area contributed by atoms with Crippen LogP contribution in [-0.2, 0) is 5.41 Å². The van der Waals surface area contributed by atoms with E-state index in [1.54, 1.807) is 0 Å². The van der Waals surface area contributed by atoms with Gasteiger partial charge in [-0.05, 0) is 70.6 Å². The van der Waals surface area contributed by atoms with E-state index in [0.29, 0.717) is 0 Å². The molecule has 1 aliphatic carbocycles. The zero-order valence-corrected chi connectivity index (χ0v) is 29.4. The quantitative estimate of drug-likeness (QED) is 0.181. The summed E-state index contributed by atoms with van der Waals surface area (Å²) < 4.78 is 5.04. The van der Waals surface area contributed by atoms with Crippen molar-refractivity contribution in [2.45, 2.75) is 12.3 Å². The van der Waals surface area contributed by atoms with Gasteiger partial charge in [-0.1, -0.05) is 146 Å². The number of aromatic nitrogens is 2. The number of pyridine rings is 1. The van der Waals surface area contributed by atoms with Crippen LogP contribution in [0, 0.1) is 0 Å². The summed E-state index contributed by atoms with van der Waals surface area (Å²) in [5, 5.41) is 5.07.